The molecule has 6 atom stereocenters. The number of carbonyl (C=O) groups excluding carboxylic acids is 4. The highest BCUT2D eigenvalue weighted by atomic mass is 31.2. The van der Waals surface area contributed by atoms with Gasteiger partial charge in [-0.15, -0.1) is 0 Å². The van der Waals surface area contributed by atoms with Gasteiger partial charge in [0.25, 0.3) is 0 Å². The van der Waals surface area contributed by atoms with E-state index in [2.05, 4.69) is 41.5 Å². The Labute approximate surface area is 626 Å². The third kappa shape index (κ3) is 74.9. The summed E-state index contributed by atoms with van der Waals surface area (Å²) in [6.07, 6.45) is 65.1. The highest BCUT2D eigenvalue weighted by Crippen LogP contribution is 2.45. The quantitative estimate of drug-likeness (QED) is 0.0222. The molecule has 0 bridgehead atoms. The minimum atomic E-state index is -4.96. The fraction of sp³-hybridized carbons (Fsp3) is 0.952. The van der Waals surface area contributed by atoms with Crippen LogP contribution in [0.2, 0.25) is 0 Å². The molecule has 17 nitrogen and oxygen atoms in total. The SMILES string of the molecule is CCCCCCCCCCCCCCCCC(=O)OC[C@H](COP(=O)(O)OC[C@@H](O)COP(=O)(O)OC[C@@H](COC(=O)CCCCCCCCCCCCCCC)OC(=O)CCCCCCCCCCCCC(C)C)OC(=O)CCCCCCCCCCCCCCCCCCCCC(C)CC. The van der Waals surface area contributed by atoms with E-state index in [1.807, 2.05) is 0 Å². The van der Waals surface area contributed by atoms with Gasteiger partial charge in [-0.1, -0.05) is 388 Å². The number of hydrogen-bond acceptors (Lipinski definition) is 15. The first kappa shape index (κ1) is 100. The Balaban J connectivity index is 5.23. The van der Waals surface area contributed by atoms with Crippen molar-refractivity contribution in [3.63, 3.8) is 0 Å². The molecule has 0 amide bonds. The third-order valence-corrected chi connectivity index (χ3v) is 21.7. The van der Waals surface area contributed by atoms with E-state index in [1.54, 1.807) is 0 Å². The average molecular weight is 1490 g/mol. The molecule has 0 spiro atoms. The van der Waals surface area contributed by atoms with Crippen LogP contribution in [0, 0.1) is 11.8 Å². The number of unbranched alkanes of at least 4 members (excludes halogenated alkanes) is 51. The van der Waals surface area contributed by atoms with Crippen LogP contribution in [-0.4, -0.2) is 96.7 Å². The van der Waals surface area contributed by atoms with Gasteiger partial charge in [0, 0.05) is 25.7 Å². The molecule has 0 radical (unpaired) electrons. The van der Waals surface area contributed by atoms with Gasteiger partial charge in [-0.2, -0.15) is 0 Å². The molecule has 0 aromatic rings. The number of hydrogen-bond donors (Lipinski definition) is 3. The van der Waals surface area contributed by atoms with E-state index in [0.717, 1.165) is 102 Å². The normalized spacial score (nSPS) is 14.1. The van der Waals surface area contributed by atoms with Crippen LogP contribution in [-0.2, 0) is 65.4 Å². The first-order valence-corrected chi connectivity index (χ1v) is 46.0. The molecule has 0 saturated heterocycles. The lowest BCUT2D eigenvalue weighted by atomic mass is 9.99. The van der Waals surface area contributed by atoms with Gasteiger partial charge < -0.3 is 33.8 Å². The molecule has 606 valence electrons. The lowest BCUT2D eigenvalue weighted by Crippen LogP contribution is -2.30. The van der Waals surface area contributed by atoms with Crippen molar-refractivity contribution in [2.75, 3.05) is 39.6 Å². The van der Waals surface area contributed by atoms with Gasteiger partial charge in [-0.25, -0.2) is 9.13 Å². The van der Waals surface area contributed by atoms with Crippen LogP contribution in [0.4, 0.5) is 0 Å². The van der Waals surface area contributed by atoms with Crippen molar-refractivity contribution in [3.8, 4) is 0 Å². The molecule has 3 unspecified atom stereocenters. The maximum absolute atomic E-state index is 13.1. The van der Waals surface area contributed by atoms with Crippen molar-refractivity contribution < 1.29 is 80.2 Å². The number of phosphoric acid groups is 2. The Morgan fingerprint density at radius 3 is 0.745 bits per heavy atom. The summed E-state index contributed by atoms with van der Waals surface area (Å²) in [5, 5.41) is 10.7. The van der Waals surface area contributed by atoms with Gasteiger partial charge >= 0.3 is 39.5 Å². The standard InChI is InChI=1S/C83H162O17P2/c1-7-10-12-14-16-18-20-22-31-35-42-48-54-60-66-81(86)94-71-78(99-82(87)67-61-55-49-43-36-32-28-26-24-23-25-27-30-33-40-46-52-58-64-76(6)9-3)73-97-101(89,90)95-69-77(84)70-96-102(91,92)98-74-79(100-83(88)68-62-56-50-44-38-37-39-45-51-57-63-75(4)5)72-93-80(85)65-59-53-47-41-34-29-21-19-17-15-13-11-8-2/h75-79,84H,7-74H2,1-6H3,(H,89,90)(H,91,92)/t76?,77-,78-,79-/m1/s1. The van der Waals surface area contributed by atoms with Gasteiger partial charge in [-0.05, 0) is 37.5 Å². The van der Waals surface area contributed by atoms with Gasteiger partial charge in [0.2, 0.25) is 0 Å². The summed E-state index contributed by atoms with van der Waals surface area (Å²) in [7, 11) is -9.92. The minimum absolute atomic E-state index is 0.107. The maximum atomic E-state index is 13.1. The Kier molecular flexibility index (Phi) is 73.1. The molecule has 3 N–H and O–H groups in total. The van der Waals surface area contributed by atoms with Crippen LogP contribution < -0.4 is 0 Å². The highest BCUT2D eigenvalue weighted by Gasteiger charge is 2.30. The van der Waals surface area contributed by atoms with E-state index in [-0.39, 0.29) is 25.7 Å². The van der Waals surface area contributed by atoms with Gasteiger partial charge in [0.05, 0.1) is 26.4 Å². The van der Waals surface area contributed by atoms with Gasteiger partial charge in [0.15, 0.2) is 12.2 Å². The lowest BCUT2D eigenvalue weighted by Gasteiger charge is -2.21. The summed E-state index contributed by atoms with van der Waals surface area (Å²) in [5.41, 5.74) is 0. The third-order valence-electron chi connectivity index (χ3n) is 19.8. The molecule has 0 aromatic heterocycles. The van der Waals surface area contributed by atoms with E-state index < -0.39 is 97.5 Å². The van der Waals surface area contributed by atoms with E-state index >= 15 is 0 Å². The van der Waals surface area contributed by atoms with E-state index in [1.165, 1.54) is 257 Å². The number of esters is 4. The molecule has 19 heteroatoms. The fourth-order valence-corrected chi connectivity index (χ4v) is 14.4. The van der Waals surface area contributed by atoms with E-state index in [4.69, 9.17) is 37.0 Å². The second-order valence-electron chi connectivity index (χ2n) is 30.6. The Bertz CT molecular complexity index is 1960. The molecule has 102 heavy (non-hydrogen) atoms. The molecular formula is C83H162O17P2. The van der Waals surface area contributed by atoms with Crippen LogP contribution in [0.3, 0.4) is 0 Å². The van der Waals surface area contributed by atoms with Crippen molar-refractivity contribution >= 4 is 39.5 Å². The zero-order chi connectivity index (χ0) is 74.9. The van der Waals surface area contributed by atoms with Crippen molar-refractivity contribution in [2.45, 2.75) is 458 Å². The maximum Gasteiger partial charge on any atom is 0.472 e. The molecular weight excluding hydrogens is 1330 g/mol. The van der Waals surface area contributed by atoms with Crippen LogP contribution >= 0.6 is 15.6 Å². The number of rotatable bonds is 82. The largest absolute Gasteiger partial charge is 0.472 e. The molecule has 0 rings (SSSR count). The predicted molar refractivity (Wildman–Crippen MR) is 418 cm³/mol. The van der Waals surface area contributed by atoms with Crippen LogP contribution in [0.15, 0.2) is 0 Å². The Morgan fingerprint density at radius 1 is 0.284 bits per heavy atom. The number of ether oxygens (including phenoxy) is 4. The molecule has 0 aliphatic carbocycles. The molecule has 0 heterocycles. The summed E-state index contributed by atoms with van der Waals surface area (Å²) in [6.45, 7) is 9.71. The van der Waals surface area contributed by atoms with Crippen molar-refractivity contribution in [3.05, 3.63) is 0 Å². The number of phosphoric ester groups is 2. The smallest absolute Gasteiger partial charge is 0.462 e. The second kappa shape index (κ2) is 74.5. The molecule has 0 fully saturated rings. The highest BCUT2D eigenvalue weighted by molar-refractivity contribution is 7.47. The average Bonchev–Trinajstić information content (AvgIpc) is 0.910. The molecule has 0 aliphatic rings. The summed E-state index contributed by atoms with van der Waals surface area (Å²) in [4.78, 5) is 73.1. The van der Waals surface area contributed by atoms with Crippen LogP contribution in [0.5, 0.6) is 0 Å². The predicted octanol–water partition coefficient (Wildman–Crippen LogP) is 25.1. The summed E-state index contributed by atoms with van der Waals surface area (Å²) in [5.74, 6) is -0.481. The summed E-state index contributed by atoms with van der Waals surface area (Å²) < 4.78 is 68.8. The lowest BCUT2D eigenvalue weighted by molar-refractivity contribution is -0.161. The summed E-state index contributed by atoms with van der Waals surface area (Å²) >= 11 is 0. The van der Waals surface area contributed by atoms with Crippen molar-refractivity contribution in [1.29, 1.82) is 0 Å². The number of aliphatic hydroxyl groups is 1. The zero-order valence-electron chi connectivity index (χ0n) is 66.9. The van der Waals surface area contributed by atoms with Crippen LogP contribution in [0.25, 0.3) is 0 Å². The van der Waals surface area contributed by atoms with E-state index in [9.17, 15) is 43.2 Å². The zero-order valence-corrected chi connectivity index (χ0v) is 68.7. The first-order chi connectivity index (χ1) is 49.4. The molecule has 0 aromatic carbocycles. The molecule has 0 aliphatic heterocycles. The van der Waals surface area contributed by atoms with E-state index in [0.29, 0.717) is 25.7 Å². The van der Waals surface area contributed by atoms with Crippen molar-refractivity contribution in [2.24, 2.45) is 11.8 Å². The Hall–Kier alpha value is -1.94. The summed E-state index contributed by atoms with van der Waals surface area (Å²) in [6, 6.07) is 0. The molecule has 0 saturated carbocycles. The minimum Gasteiger partial charge on any atom is -0.462 e. The first-order valence-electron chi connectivity index (χ1n) is 43.0. The number of aliphatic hydroxyl groups excluding tert-OH is 1. The van der Waals surface area contributed by atoms with Gasteiger partial charge in [0.1, 0.15) is 19.3 Å². The van der Waals surface area contributed by atoms with Crippen LogP contribution in [0.1, 0.15) is 440 Å². The van der Waals surface area contributed by atoms with Gasteiger partial charge in [-0.3, -0.25) is 37.3 Å². The Morgan fingerprint density at radius 2 is 0.500 bits per heavy atom. The second-order valence-corrected chi connectivity index (χ2v) is 33.5. The monoisotopic (exact) mass is 1490 g/mol. The van der Waals surface area contributed by atoms with Crippen molar-refractivity contribution in [1.82, 2.24) is 0 Å². The number of carbonyl (C=O) groups is 4. The topological polar surface area (TPSA) is 237 Å². The fourth-order valence-electron chi connectivity index (χ4n) is 12.9.